The van der Waals surface area contributed by atoms with Crippen molar-refractivity contribution in [2.75, 3.05) is 11.9 Å². The molecule has 6 rings (SSSR count). The Morgan fingerprint density at radius 1 is 1.11 bits per heavy atom. The van der Waals surface area contributed by atoms with Gasteiger partial charge in [0, 0.05) is 12.1 Å². The van der Waals surface area contributed by atoms with Gasteiger partial charge in [-0.15, -0.1) is 0 Å². The number of anilines is 1. The summed E-state index contributed by atoms with van der Waals surface area (Å²) in [5.74, 6) is 1.61. The zero-order chi connectivity index (χ0) is 24.5. The van der Waals surface area contributed by atoms with Gasteiger partial charge in [-0.25, -0.2) is 14.8 Å². The lowest BCUT2D eigenvalue weighted by molar-refractivity contribution is 0.00578. The Kier molecular flexibility index (Phi) is 4.90. The van der Waals surface area contributed by atoms with Gasteiger partial charge in [-0.3, -0.25) is 5.32 Å². The lowest BCUT2D eigenvalue weighted by Crippen LogP contribution is -2.41. The number of hydrogen-bond acceptors (Lipinski definition) is 7. The lowest BCUT2D eigenvalue weighted by atomic mass is 9.79. The van der Waals surface area contributed by atoms with Crippen molar-refractivity contribution < 1.29 is 23.9 Å². The summed E-state index contributed by atoms with van der Waals surface area (Å²) >= 11 is 1.30. The molecule has 4 heterocycles. The van der Waals surface area contributed by atoms with Gasteiger partial charge in [0.05, 0.1) is 33.5 Å². The van der Waals surface area contributed by atoms with E-state index in [1.54, 1.807) is 0 Å². The molecule has 9 nitrogen and oxygen atoms in total. The second-order valence-electron chi connectivity index (χ2n) is 9.90. The first-order valence-corrected chi connectivity index (χ1v) is 12.4. The molecular formula is C24H25BN4O5S. The van der Waals surface area contributed by atoms with E-state index in [9.17, 15) is 4.79 Å². The molecule has 1 amide bonds. The molecule has 2 aliphatic heterocycles. The molecular weight excluding hydrogens is 467 g/mol. The molecule has 0 aliphatic carbocycles. The van der Waals surface area contributed by atoms with Gasteiger partial charge in [0.1, 0.15) is 17.1 Å². The number of hydrogen-bond donors (Lipinski definition) is 2. The Bertz CT molecular complexity index is 1480. The third kappa shape index (κ3) is 3.65. The van der Waals surface area contributed by atoms with Crippen LogP contribution >= 0.6 is 11.3 Å². The van der Waals surface area contributed by atoms with Crippen molar-refractivity contribution in [3.05, 3.63) is 30.3 Å². The maximum atomic E-state index is 11.0. The van der Waals surface area contributed by atoms with E-state index in [1.165, 1.54) is 11.3 Å². The largest absolute Gasteiger partial charge is 0.495 e. The van der Waals surface area contributed by atoms with Gasteiger partial charge in [0.2, 0.25) is 0 Å². The first kappa shape index (κ1) is 22.3. The third-order valence-electron chi connectivity index (χ3n) is 7.00. The van der Waals surface area contributed by atoms with Crippen molar-refractivity contribution in [1.82, 2.24) is 14.5 Å². The molecule has 2 aliphatic rings. The summed E-state index contributed by atoms with van der Waals surface area (Å²) in [6.07, 6.45) is -0.274. The van der Waals surface area contributed by atoms with E-state index in [-0.39, 0.29) is 0 Å². The molecule has 2 N–H and O–H groups in total. The average Bonchev–Trinajstić information content (AvgIpc) is 3.34. The van der Waals surface area contributed by atoms with Gasteiger partial charge in [-0.05, 0) is 69.9 Å². The maximum Gasteiger partial charge on any atom is 0.495 e. The third-order valence-corrected chi connectivity index (χ3v) is 7.93. The number of thiazole rings is 1. The quantitative estimate of drug-likeness (QED) is 0.406. The van der Waals surface area contributed by atoms with Gasteiger partial charge in [-0.1, -0.05) is 11.3 Å². The van der Waals surface area contributed by atoms with Gasteiger partial charge in [-0.2, -0.15) is 0 Å². The highest BCUT2D eigenvalue weighted by atomic mass is 32.1. The number of nitrogens with zero attached hydrogens (tertiary/aromatic N) is 3. The minimum atomic E-state index is -1.13. The van der Waals surface area contributed by atoms with Crippen LogP contribution in [0.3, 0.4) is 0 Å². The fourth-order valence-corrected chi connectivity index (χ4v) is 5.42. The van der Waals surface area contributed by atoms with Crippen molar-refractivity contribution in [1.29, 1.82) is 0 Å². The van der Waals surface area contributed by atoms with Crippen LogP contribution in [-0.2, 0) is 15.9 Å². The van der Waals surface area contributed by atoms with E-state index in [4.69, 9.17) is 24.1 Å². The molecule has 4 aromatic rings. The van der Waals surface area contributed by atoms with Crippen LogP contribution in [0.2, 0.25) is 0 Å². The van der Waals surface area contributed by atoms with Crippen molar-refractivity contribution in [3.63, 3.8) is 0 Å². The Morgan fingerprint density at radius 2 is 1.89 bits per heavy atom. The Morgan fingerprint density at radius 3 is 2.63 bits per heavy atom. The van der Waals surface area contributed by atoms with Crippen LogP contribution in [-0.4, -0.2) is 50.7 Å². The van der Waals surface area contributed by atoms with E-state index >= 15 is 0 Å². The van der Waals surface area contributed by atoms with Crippen LogP contribution in [0, 0.1) is 0 Å². The molecule has 35 heavy (non-hydrogen) atoms. The molecule has 2 aromatic carbocycles. The number of carboxylic acid groups (broad SMARTS) is 1. The zero-order valence-corrected chi connectivity index (χ0v) is 20.7. The van der Waals surface area contributed by atoms with Crippen LogP contribution < -0.4 is 15.5 Å². The number of fused-ring (bicyclic) bond motifs is 1. The van der Waals surface area contributed by atoms with Crippen molar-refractivity contribution >= 4 is 56.4 Å². The highest BCUT2D eigenvalue weighted by Crippen LogP contribution is 2.39. The highest BCUT2D eigenvalue weighted by Gasteiger charge is 2.52. The molecule has 0 atom stereocenters. The molecule has 2 aromatic heterocycles. The van der Waals surface area contributed by atoms with Crippen LogP contribution in [0.15, 0.2) is 30.3 Å². The monoisotopic (exact) mass is 492 g/mol. The zero-order valence-electron chi connectivity index (χ0n) is 19.9. The minimum absolute atomic E-state index is 0.346. The predicted octanol–water partition coefficient (Wildman–Crippen LogP) is 4.48. The summed E-state index contributed by atoms with van der Waals surface area (Å²) in [7, 11) is -0.505. The molecule has 1 fully saturated rings. The van der Waals surface area contributed by atoms with E-state index in [1.807, 2.05) is 58.0 Å². The smallest absolute Gasteiger partial charge is 0.491 e. The molecule has 0 bridgehead atoms. The SMILES string of the molecule is CC1(C)OB(c2cc3c4c(c2)nc(-c2ccc5nc(NC(=O)O)sc5c2)n4CCCO3)OC1(C)C. The number of imidazole rings is 1. The van der Waals surface area contributed by atoms with Crippen LogP contribution in [0.5, 0.6) is 5.75 Å². The summed E-state index contributed by atoms with van der Waals surface area (Å²) in [4.78, 5) is 20.3. The second-order valence-corrected chi connectivity index (χ2v) is 10.9. The number of carbonyl (C=O) groups is 1. The fraction of sp³-hybridized carbons (Fsp3) is 0.375. The van der Waals surface area contributed by atoms with E-state index in [0.717, 1.165) is 56.8 Å². The summed E-state index contributed by atoms with van der Waals surface area (Å²) in [5.41, 5.74) is 3.45. The van der Waals surface area contributed by atoms with Gasteiger partial charge in [0.25, 0.3) is 0 Å². The number of rotatable bonds is 3. The number of aryl methyl sites for hydroxylation is 1. The summed E-state index contributed by atoms with van der Waals surface area (Å²) in [6.45, 7) is 9.55. The minimum Gasteiger partial charge on any atom is -0.491 e. The Labute approximate surface area is 206 Å². The first-order valence-electron chi connectivity index (χ1n) is 11.5. The summed E-state index contributed by atoms with van der Waals surface area (Å²) < 4.78 is 21.8. The number of amides is 1. The van der Waals surface area contributed by atoms with Gasteiger partial charge >= 0.3 is 13.2 Å². The normalized spacial score (nSPS) is 18.6. The van der Waals surface area contributed by atoms with Crippen molar-refractivity contribution in [2.24, 2.45) is 0 Å². The predicted molar refractivity (Wildman–Crippen MR) is 136 cm³/mol. The molecule has 0 saturated carbocycles. The van der Waals surface area contributed by atoms with Crippen molar-refractivity contribution in [2.45, 2.75) is 51.9 Å². The molecule has 180 valence electrons. The van der Waals surface area contributed by atoms with Crippen molar-refractivity contribution in [3.8, 4) is 17.1 Å². The molecule has 0 spiro atoms. The standard InChI is InChI=1S/C24H25BN4O5S/c1-23(2)24(3,4)34-25(33-23)14-11-16-19-17(12-14)32-9-5-8-29(19)20(26-16)13-6-7-15-18(10-13)35-21(27-15)28-22(30)31/h6-7,10-12H,5,8-9H2,1-4H3,(H,27,28)(H,30,31). The highest BCUT2D eigenvalue weighted by molar-refractivity contribution is 7.22. The Balaban J connectivity index is 1.45. The topological polar surface area (TPSA) is 108 Å². The van der Waals surface area contributed by atoms with Crippen LogP contribution in [0.1, 0.15) is 34.1 Å². The van der Waals surface area contributed by atoms with Gasteiger partial charge < -0.3 is 23.7 Å². The van der Waals surface area contributed by atoms with E-state index < -0.39 is 24.4 Å². The first-order chi connectivity index (χ1) is 16.6. The number of ether oxygens (including phenoxy) is 1. The number of benzene rings is 2. The maximum absolute atomic E-state index is 11.0. The summed E-state index contributed by atoms with van der Waals surface area (Å²) in [5, 5.41) is 11.7. The molecule has 1 saturated heterocycles. The van der Waals surface area contributed by atoms with E-state index in [0.29, 0.717) is 11.7 Å². The van der Waals surface area contributed by atoms with Crippen LogP contribution in [0.25, 0.3) is 32.6 Å². The van der Waals surface area contributed by atoms with Crippen LogP contribution in [0.4, 0.5) is 9.93 Å². The second kappa shape index (κ2) is 7.68. The van der Waals surface area contributed by atoms with E-state index in [2.05, 4.69) is 14.9 Å². The average molecular weight is 492 g/mol. The molecule has 0 radical (unpaired) electrons. The van der Waals surface area contributed by atoms with Gasteiger partial charge in [0.15, 0.2) is 5.13 Å². The number of nitrogens with one attached hydrogen (secondary N) is 1. The Hall–Kier alpha value is -3.15. The lowest BCUT2D eigenvalue weighted by Gasteiger charge is -2.32. The summed E-state index contributed by atoms with van der Waals surface area (Å²) in [6, 6.07) is 9.90. The molecule has 0 unspecified atom stereocenters. The fourth-order valence-electron chi connectivity index (χ4n) is 4.53. The molecule has 11 heteroatoms. The number of aromatic nitrogens is 3.